The van der Waals surface area contributed by atoms with Crippen molar-refractivity contribution in [3.8, 4) is 5.75 Å². The summed E-state index contributed by atoms with van der Waals surface area (Å²) >= 11 is 0. The molecule has 0 aliphatic carbocycles. The van der Waals surface area contributed by atoms with Crippen LogP contribution in [0.2, 0.25) is 0 Å². The average Bonchev–Trinajstić information content (AvgIpc) is 2.15. The molecule has 12 heavy (non-hydrogen) atoms. The number of hydrogen-bond donors (Lipinski definition) is 0. The van der Waals surface area contributed by atoms with Crippen LogP contribution in [-0.4, -0.2) is 19.2 Å². The molecule has 1 aromatic carbocycles. The molecule has 0 saturated carbocycles. The summed E-state index contributed by atoms with van der Waals surface area (Å²) in [5.41, 5.74) is 0.540. The van der Waals surface area contributed by atoms with Crippen molar-refractivity contribution in [2.45, 2.75) is 0 Å². The minimum absolute atomic E-state index is 0.0162. The molecule has 3 nitrogen and oxygen atoms in total. The van der Waals surface area contributed by atoms with Gasteiger partial charge in [-0.15, -0.1) is 0 Å². The van der Waals surface area contributed by atoms with Crippen LogP contribution in [0.4, 0.5) is 0 Å². The van der Waals surface area contributed by atoms with Crippen molar-refractivity contribution in [3.05, 3.63) is 29.8 Å². The standard InChI is InChI=1S/C9H8O3/c10-4-5-12-9-3-1-2-8(6-9)7-11/h1-4,6-7H,5H2. The van der Waals surface area contributed by atoms with Crippen molar-refractivity contribution in [3.63, 3.8) is 0 Å². The second-order valence-corrected chi connectivity index (χ2v) is 2.17. The number of hydrogen-bond acceptors (Lipinski definition) is 3. The molecule has 0 aliphatic rings. The Balaban J connectivity index is 2.72. The Kier molecular flexibility index (Phi) is 3.02. The molecule has 0 unspecified atom stereocenters. The molecule has 0 N–H and O–H groups in total. The first-order chi connectivity index (χ1) is 5.86. The van der Waals surface area contributed by atoms with Crippen LogP contribution in [0.5, 0.6) is 5.75 Å². The van der Waals surface area contributed by atoms with Gasteiger partial charge in [-0.05, 0) is 12.1 Å². The lowest BCUT2D eigenvalue weighted by atomic mass is 10.2. The van der Waals surface area contributed by atoms with Crippen molar-refractivity contribution in [2.24, 2.45) is 0 Å². The molecule has 62 valence electrons. The quantitative estimate of drug-likeness (QED) is 0.625. The molecule has 0 bridgehead atoms. The second kappa shape index (κ2) is 4.28. The summed E-state index contributed by atoms with van der Waals surface area (Å²) in [6.07, 6.45) is 1.39. The third-order valence-corrected chi connectivity index (χ3v) is 1.31. The van der Waals surface area contributed by atoms with E-state index in [-0.39, 0.29) is 6.61 Å². The summed E-state index contributed by atoms with van der Waals surface area (Å²) in [5, 5.41) is 0. The van der Waals surface area contributed by atoms with E-state index in [0.717, 1.165) is 6.29 Å². The van der Waals surface area contributed by atoms with Gasteiger partial charge in [-0.1, -0.05) is 12.1 Å². The van der Waals surface area contributed by atoms with E-state index in [2.05, 4.69) is 0 Å². The van der Waals surface area contributed by atoms with Crippen LogP contribution < -0.4 is 4.74 Å². The normalized spacial score (nSPS) is 9.00. The Bertz CT molecular complexity index is 281. The van der Waals surface area contributed by atoms with Crippen LogP contribution in [0.25, 0.3) is 0 Å². The van der Waals surface area contributed by atoms with Crippen molar-refractivity contribution in [1.29, 1.82) is 0 Å². The van der Waals surface area contributed by atoms with E-state index >= 15 is 0 Å². The molecular formula is C9H8O3. The van der Waals surface area contributed by atoms with Gasteiger partial charge in [0.2, 0.25) is 0 Å². The van der Waals surface area contributed by atoms with Crippen LogP contribution in [0, 0.1) is 0 Å². The molecule has 0 aromatic heterocycles. The minimum atomic E-state index is 0.0162. The fourth-order valence-electron chi connectivity index (χ4n) is 0.808. The summed E-state index contributed by atoms with van der Waals surface area (Å²) in [6.45, 7) is 0.0162. The fraction of sp³-hybridized carbons (Fsp3) is 0.111. The van der Waals surface area contributed by atoms with Gasteiger partial charge in [0.15, 0.2) is 6.29 Å². The molecule has 0 heterocycles. The van der Waals surface area contributed by atoms with Gasteiger partial charge in [0.1, 0.15) is 18.6 Å². The Morgan fingerprint density at radius 2 is 2.17 bits per heavy atom. The maximum absolute atomic E-state index is 10.3. The van der Waals surface area contributed by atoms with Crippen LogP contribution >= 0.6 is 0 Å². The second-order valence-electron chi connectivity index (χ2n) is 2.17. The predicted octanol–water partition coefficient (Wildman–Crippen LogP) is 1.08. The summed E-state index contributed by atoms with van der Waals surface area (Å²) in [7, 11) is 0. The van der Waals surface area contributed by atoms with Gasteiger partial charge in [0.05, 0.1) is 0 Å². The van der Waals surface area contributed by atoms with E-state index in [9.17, 15) is 9.59 Å². The van der Waals surface area contributed by atoms with E-state index in [1.807, 2.05) is 0 Å². The smallest absolute Gasteiger partial charge is 0.157 e. The number of rotatable bonds is 4. The zero-order valence-corrected chi connectivity index (χ0v) is 6.40. The number of aldehydes is 2. The molecule has 0 fully saturated rings. The van der Waals surface area contributed by atoms with Crippen LogP contribution in [0.3, 0.4) is 0 Å². The highest BCUT2D eigenvalue weighted by atomic mass is 16.5. The number of carbonyl (C=O) groups is 2. The molecule has 0 saturated heterocycles. The molecular weight excluding hydrogens is 156 g/mol. The molecule has 1 rings (SSSR count). The average molecular weight is 164 g/mol. The zero-order chi connectivity index (χ0) is 8.81. The third-order valence-electron chi connectivity index (χ3n) is 1.31. The van der Waals surface area contributed by atoms with E-state index < -0.39 is 0 Å². The molecule has 0 radical (unpaired) electrons. The highest BCUT2D eigenvalue weighted by molar-refractivity contribution is 5.75. The molecule has 0 aliphatic heterocycles. The Hall–Kier alpha value is -1.64. The summed E-state index contributed by atoms with van der Waals surface area (Å²) in [4.78, 5) is 20.2. The number of ether oxygens (including phenoxy) is 1. The fourth-order valence-corrected chi connectivity index (χ4v) is 0.808. The minimum Gasteiger partial charge on any atom is -0.486 e. The lowest BCUT2D eigenvalue weighted by molar-refractivity contribution is -0.109. The van der Waals surface area contributed by atoms with E-state index in [1.165, 1.54) is 0 Å². The molecule has 1 aromatic rings. The third kappa shape index (κ3) is 2.20. The summed E-state index contributed by atoms with van der Waals surface area (Å²) < 4.78 is 4.97. The van der Waals surface area contributed by atoms with Gasteiger partial charge >= 0.3 is 0 Å². The van der Waals surface area contributed by atoms with Crippen molar-refractivity contribution >= 4 is 12.6 Å². The Morgan fingerprint density at radius 3 is 2.83 bits per heavy atom. The first kappa shape index (κ1) is 8.46. The van der Waals surface area contributed by atoms with Gasteiger partial charge in [0, 0.05) is 5.56 Å². The lowest BCUT2D eigenvalue weighted by Gasteiger charge is -2.00. The predicted molar refractivity (Wildman–Crippen MR) is 43.4 cm³/mol. The van der Waals surface area contributed by atoms with Gasteiger partial charge in [-0.25, -0.2) is 0 Å². The maximum Gasteiger partial charge on any atom is 0.157 e. The summed E-state index contributed by atoms with van der Waals surface area (Å²) in [6, 6.07) is 6.64. The zero-order valence-electron chi connectivity index (χ0n) is 6.40. The SMILES string of the molecule is O=CCOc1cccc(C=O)c1. The first-order valence-corrected chi connectivity index (χ1v) is 3.48. The van der Waals surface area contributed by atoms with Crippen molar-refractivity contribution in [1.82, 2.24) is 0 Å². The summed E-state index contributed by atoms with van der Waals surface area (Å²) in [5.74, 6) is 0.534. The first-order valence-electron chi connectivity index (χ1n) is 3.48. The lowest BCUT2D eigenvalue weighted by Crippen LogP contribution is -1.97. The number of carbonyl (C=O) groups excluding carboxylic acids is 2. The van der Waals surface area contributed by atoms with Gasteiger partial charge in [-0.2, -0.15) is 0 Å². The monoisotopic (exact) mass is 164 g/mol. The van der Waals surface area contributed by atoms with E-state index in [1.54, 1.807) is 24.3 Å². The Labute approximate surface area is 70.0 Å². The van der Waals surface area contributed by atoms with Crippen LogP contribution in [-0.2, 0) is 4.79 Å². The molecule has 0 atom stereocenters. The Morgan fingerprint density at radius 1 is 1.33 bits per heavy atom. The maximum atomic E-state index is 10.3. The molecule has 3 heteroatoms. The van der Waals surface area contributed by atoms with Crippen LogP contribution in [0.1, 0.15) is 10.4 Å². The highest BCUT2D eigenvalue weighted by Crippen LogP contribution is 2.10. The topological polar surface area (TPSA) is 43.4 Å². The van der Waals surface area contributed by atoms with E-state index in [4.69, 9.17) is 4.74 Å². The van der Waals surface area contributed by atoms with Crippen molar-refractivity contribution in [2.75, 3.05) is 6.61 Å². The largest absolute Gasteiger partial charge is 0.486 e. The highest BCUT2D eigenvalue weighted by Gasteiger charge is 1.93. The molecule has 0 amide bonds. The van der Waals surface area contributed by atoms with Gasteiger partial charge in [0.25, 0.3) is 0 Å². The number of benzene rings is 1. The van der Waals surface area contributed by atoms with Crippen LogP contribution in [0.15, 0.2) is 24.3 Å². The van der Waals surface area contributed by atoms with Gasteiger partial charge < -0.3 is 4.74 Å². The molecule has 0 spiro atoms. The van der Waals surface area contributed by atoms with Crippen molar-refractivity contribution < 1.29 is 14.3 Å². The van der Waals surface area contributed by atoms with E-state index in [0.29, 0.717) is 17.6 Å². The van der Waals surface area contributed by atoms with Gasteiger partial charge in [-0.3, -0.25) is 9.59 Å².